The molecule has 1 heterocycles. The second-order valence-electron chi connectivity index (χ2n) is 4.95. The van der Waals surface area contributed by atoms with Gasteiger partial charge in [0, 0.05) is 24.8 Å². The Bertz CT molecular complexity index is 664. The predicted molar refractivity (Wildman–Crippen MR) is 83.3 cm³/mol. The van der Waals surface area contributed by atoms with Gasteiger partial charge in [-0.15, -0.1) is 0 Å². The second kappa shape index (κ2) is 6.30. The highest BCUT2D eigenvalue weighted by molar-refractivity contribution is 9.10. The van der Waals surface area contributed by atoms with Crippen molar-refractivity contribution in [1.29, 1.82) is 0 Å². The molecule has 1 fully saturated rings. The van der Waals surface area contributed by atoms with E-state index < -0.39 is 0 Å². The first-order valence-corrected chi connectivity index (χ1v) is 7.79. The van der Waals surface area contributed by atoms with Crippen LogP contribution in [0.4, 0.5) is 4.39 Å². The zero-order valence-electron chi connectivity index (χ0n) is 11.1. The largest absolute Gasteiger partial charge is 0.439 e. The molecule has 3 rings (SSSR count). The van der Waals surface area contributed by atoms with E-state index in [1.807, 2.05) is 0 Å². The van der Waals surface area contributed by atoms with E-state index in [1.165, 1.54) is 18.9 Å². The third kappa shape index (κ3) is 3.93. The molecule has 21 heavy (non-hydrogen) atoms. The molecule has 1 aromatic heterocycles. The number of pyridine rings is 1. The molecule has 1 saturated carbocycles. The summed E-state index contributed by atoms with van der Waals surface area (Å²) in [4.78, 5) is 4.14. The Morgan fingerprint density at radius 1 is 1.38 bits per heavy atom. The first-order valence-electron chi connectivity index (χ1n) is 6.62. The van der Waals surface area contributed by atoms with Gasteiger partial charge in [-0.25, -0.2) is 9.37 Å². The lowest BCUT2D eigenvalue weighted by molar-refractivity contribution is 0.459. The van der Waals surface area contributed by atoms with E-state index in [2.05, 4.69) is 26.2 Å². The average Bonchev–Trinajstić information content (AvgIpc) is 3.28. The summed E-state index contributed by atoms with van der Waals surface area (Å²) < 4.78 is 19.2. The summed E-state index contributed by atoms with van der Waals surface area (Å²) in [6.45, 7) is 0.690. The lowest BCUT2D eigenvalue weighted by Crippen LogP contribution is -2.15. The number of aromatic nitrogens is 1. The Balaban J connectivity index is 1.74. The highest BCUT2D eigenvalue weighted by Gasteiger charge is 2.20. The minimum atomic E-state index is -0.333. The van der Waals surface area contributed by atoms with Crippen molar-refractivity contribution in [2.75, 3.05) is 0 Å². The molecule has 6 heteroatoms. The van der Waals surface area contributed by atoms with E-state index in [9.17, 15) is 4.39 Å². The van der Waals surface area contributed by atoms with Gasteiger partial charge in [0.2, 0.25) is 5.88 Å². The topological polar surface area (TPSA) is 34.1 Å². The molecule has 0 saturated heterocycles. The van der Waals surface area contributed by atoms with Gasteiger partial charge in [-0.2, -0.15) is 0 Å². The molecule has 0 radical (unpaired) electrons. The lowest BCUT2D eigenvalue weighted by Gasteiger charge is -2.09. The van der Waals surface area contributed by atoms with Crippen LogP contribution in [-0.2, 0) is 6.54 Å². The molecule has 0 atom stereocenters. The van der Waals surface area contributed by atoms with E-state index in [0.29, 0.717) is 33.7 Å². The van der Waals surface area contributed by atoms with Crippen LogP contribution in [0.1, 0.15) is 18.4 Å². The predicted octanol–water partition coefficient (Wildman–Crippen LogP) is 4.68. The van der Waals surface area contributed by atoms with Gasteiger partial charge in [0.25, 0.3) is 0 Å². The summed E-state index contributed by atoms with van der Waals surface area (Å²) in [6.07, 6.45) is 4.00. The molecule has 0 amide bonds. The smallest absolute Gasteiger partial charge is 0.219 e. The van der Waals surface area contributed by atoms with Gasteiger partial charge in [-0.3, -0.25) is 0 Å². The van der Waals surface area contributed by atoms with Crippen molar-refractivity contribution >= 4 is 27.5 Å². The van der Waals surface area contributed by atoms with Crippen LogP contribution in [0.3, 0.4) is 0 Å². The van der Waals surface area contributed by atoms with E-state index in [0.717, 1.165) is 5.56 Å². The van der Waals surface area contributed by atoms with Crippen molar-refractivity contribution in [2.45, 2.75) is 25.4 Å². The maximum Gasteiger partial charge on any atom is 0.219 e. The lowest BCUT2D eigenvalue weighted by atomic mass is 10.2. The summed E-state index contributed by atoms with van der Waals surface area (Å²) in [5.41, 5.74) is 0.940. The standard InChI is InChI=1S/C15H13BrClFN2O/c16-12-6-11(3-4-14(12)18)21-15-5-9(13(17)8-20-15)7-19-10-1-2-10/h3-6,8,10,19H,1-2,7H2. The van der Waals surface area contributed by atoms with Gasteiger partial charge in [0.1, 0.15) is 11.6 Å². The van der Waals surface area contributed by atoms with Crippen LogP contribution in [-0.4, -0.2) is 11.0 Å². The van der Waals surface area contributed by atoms with Crippen molar-refractivity contribution in [3.63, 3.8) is 0 Å². The Morgan fingerprint density at radius 3 is 2.90 bits per heavy atom. The third-order valence-corrected chi connectivity index (χ3v) is 4.13. The molecular formula is C15H13BrClFN2O. The molecule has 1 aromatic carbocycles. The zero-order chi connectivity index (χ0) is 14.8. The van der Waals surface area contributed by atoms with Crippen LogP contribution in [0, 0.1) is 5.82 Å². The molecule has 0 aliphatic heterocycles. The number of benzene rings is 1. The van der Waals surface area contributed by atoms with Gasteiger partial charge in [-0.05, 0) is 52.5 Å². The third-order valence-electron chi connectivity index (χ3n) is 3.18. The highest BCUT2D eigenvalue weighted by Crippen LogP contribution is 2.28. The molecule has 0 unspecified atom stereocenters. The number of hydrogen-bond acceptors (Lipinski definition) is 3. The summed E-state index contributed by atoms with van der Waals surface area (Å²) in [6, 6.07) is 6.86. The maximum atomic E-state index is 13.2. The Morgan fingerprint density at radius 2 is 2.19 bits per heavy atom. The van der Waals surface area contributed by atoms with Crippen molar-refractivity contribution in [1.82, 2.24) is 10.3 Å². The maximum absolute atomic E-state index is 13.2. The number of halogens is 3. The first kappa shape index (κ1) is 14.8. The van der Waals surface area contributed by atoms with Gasteiger partial charge in [-0.1, -0.05) is 11.6 Å². The molecular weight excluding hydrogens is 359 g/mol. The van der Waals surface area contributed by atoms with E-state index in [4.69, 9.17) is 16.3 Å². The second-order valence-corrected chi connectivity index (χ2v) is 6.21. The van der Waals surface area contributed by atoms with Crippen molar-refractivity contribution < 1.29 is 9.13 Å². The van der Waals surface area contributed by atoms with Crippen LogP contribution in [0.5, 0.6) is 11.6 Å². The van der Waals surface area contributed by atoms with Crippen LogP contribution >= 0.6 is 27.5 Å². The van der Waals surface area contributed by atoms with E-state index in [1.54, 1.807) is 24.4 Å². The normalized spacial score (nSPS) is 14.2. The summed E-state index contributed by atoms with van der Waals surface area (Å²) in [5.74, 6) is 0.616. The fourth-order valence-electron chi connectivity index (χ4n) is 1.85. The van der Waals surface area contributed by atoms with Crippen molar-refractivity contribution in [2.24, 2.45) is 0 Å². The Labute approximate surface area is 135 Å². The number of hydrogen-bond donors (Lipinski definition) is 1. The van der Waals surface area contributed by atoms with E-state index >= 15 is 0 Å². The zero-order valence-corrected chi connectivity index (χ0v) is 13.4. The van der Waals surface area contributed by atoms with Crippen LogP contribution < -0.4 is 10.1 Å². The summed E-state index contributed by atoms with van der Waals surface area (Å²) >= 11 is 9.26. The average molecular weight is 372 g/mol. The van der Waals surface area contributed by atoms with Gasteiger partial charge in [0.15, 0.2) is 0 Å². The van der Waals surface area contributed by atoms with E-state index in [-0.39, 0.29) is 5.82 Å². The summed E-state index contributed by atoms with van der Waals surface area (Å²) in [5, 5.41) is 4.00. The molecule has 1 aliphatic carbocycles. The van der Waals surface area contributed by atoms with Crippen LogP contribution in [0.15, 0.2) is 34.9 Å². The number of ether oxygens (including phenoxy) is 1. The summed E-state index contributed by atoms with van der Waals surface area (Å²) in [7, 11) is 0. The van der Waals surface area contributed by atoms with Crippen molar-refractivity contribution in [3.8, 4) is 11.6 Å². The molecule has 110 valence electrons. The fraction of sp³-hybridized carbons (Fsp3) is 0.267. The molecule has 1 N–H and O–H groups in total. The van der Waals surface area contributed by atoms with Gasteiger partial charge >= 0.3 is 0 Å². The minimum absolute atomic E-state index is 0.333. The van der Waals surface area contributed by atoms with Crippen LogP contribution in [0.2, 0.25) is 5.02 Å². The molecule has 1 aliphatic rings. The Kier molecular flexibility index (Phi) is 4.42. The van der Waals surface area contributed by atoms with Gasteiger partial charge < -0.3 is 10.1 Å². The molecule has 0 bridgehead atoms. The number of nitrogens with zero attached hydrogens (tertiary/aromatic N) is 1. The molecule has 0 spiro atoms. The van der Waals surface area contributed by atoms with Gasteiger partial charge in [0.05, 0.1) is 9.50 Å². The first-order chi connectivity index (χ1) is 10.1. The minimum Gasteiger partial charge on any atom is -0.439 e. The fourth-order valence-corrected chi connectivity index (χ4v) is 2.38. The SMILES string of the molecule is Fc1ccc(Oc2cc(CNC3CC3)c(Cl)cn2)cc1Br. The Hall–Kier alpha value is -1.17. The highest BCUT2D eigenvalue weighted by atomic mass is 79.9. The monoisotopic (exact) mass is 370 g/mol. The van der Waals surface area contributed by atoms with Crippen LogP contribution in [0.25, 0.3) is 0 Å². The van der Waals surface area contributed by atoms with Crippen molar-refractivity contribution in [3.05, 3.63) is 51.3 Å². The molecule has 2 aromatic rings. The molecule has 3 nitrogen and oxygen atoms in total. The quantitative estimate of drug-likeness (QED) is 0.828. The number of rotatable bonds is 5. The number of nitrogens with one attached hydrogen (secondary N) is 1.